The number of amides is 2. The SMILES string of the molecule is CCCC(NCC(=O)Nc1ccccc1C(=O)Nc1ccccc1)C(=O)O. The number of carbonyl (C=O) groups excluding carboxylic acids is 2. The van der Waals surface area contributed by atoms with Crippen LogP contribution in [0.4, 0.5) is 11.4 Å². The topological polar surface area (TPSA) is 108 Å². The number of rotatable bonds is 9. The number of carbonyl (C=O) groups is 3. The van der Waals surface area contributed by atoms with Crippen molar-refractivity contribution in [2.75, 3.05) is 17.2 Å². The van der Waals surface area contributed by atoms with Crippen molar-refractivity contribution in [3.05, 3.63) is 60.2 Å². The molecule has 7 nitrogen and oxygen atoms in total. The van der Waals surface area contributed by atoms with Gasteiger partial charge in [-0.25, -0.2) is 0 Å². The van der Waals surface area contributed by atoms with Crippen LogP contribution in [0.1, 0.15) is 30.1 Å². The van der Waals surface area contributed by atoms with Crippen molar-refractivity contribution < 1.29 is 19.5 Å². The van der Waals surface area contributed by atoms with Crippen LogP contribution in [0.25, 0.3) is 0 Å². The minimum Gasteiger partial charge on any atom is -0.480 e. The summed E-state index contributed by atoms with van der Waals surface area (Å²) in [5.41, 5.74) is 1.33. The van der Waals surface area contributed by atoms with Gasteiger partial charge in [-0.15, -0.1) is 0 Å². The van der Waals surface area contributed by atoms with E-state index in [1.54, 1.807) is 36.4 Å². The Morgan fingerprint density at radius 1 is 0.963 bits per heavy atom. The van der Waals surface area contributed by atoms with Crippen LogP contribution in [0.15, 0.2) is 54.6 Å². The Kier molecular flexibility index (Phi) is 7.51. The van der Waals surface area contributed by atoms with Gasteiger partial charge in [-0.05, 0) is 30.7 Å². The minimum atomic E-state index is -0.993. The van der Waals surface area contributed by atoms with E-state index in [1.807, 2.05) is 25.1 Å². The number of benzene rings is 2. The molecule has 0 saturated heterocycles. The predicted molar refractivity (Wildman–Crippen MR) is 104 cm³/mol. The molecule has 0 aliphatic rings. The van der Waals surface area contributed by atoms with Gasteiger partial charge in [-0.2, -0.15) is 0 Å². The number of nitrogens with one attached hydrogen (secondary N) is 3. The Morgan fingerprint density at radius 2 is 1.63 bits per heavy atom. The Morgan fingerprint density at radius 3 is 2.30 bits per heavy atom. The molecule has 0 aromatic heterocycles. The van der Waals surface area contributed by atoms with Crippen LogP contribution in [-0.2, 0) is 9.59 Å². The molecule has 0 fully saturated rings. The second-order valence-corrected chi connectivity index (χ2v) is 5.97. The summed E-state index contributed by atoms with van der Waals surface area (Å²) in [4.78, 5) is 35.8. The number of carboxylic acid groups (broad SMARTS) is 1. The highest BCUT2D eigenvalue weighted by molar-refractivity contribution is 6.10. The number of anilines is 2. The highest BCUT2D eigenvalue weighted by Crippen LogP contribution is 2.17. The fourth-order valence-corrected chi connectivity index (χ4v) is 2.52. The number of aliphatic carboxylic acids is 1. The average molecular weight is 369 g/mol. The molecule has 0 aliphatic heterocycles. The van der Waals surface area contributed by atoms with E-state index in [9.17, 15) is 14.4 Å². The summed E-state index contributed by atoms with van der Waals surface area (Å²) in [6, 6.07) is 14.9. The zero-order valence-electron chi connectivity index (χ0n) is 15.1. The van der Waals surface area contributed by atoms with E-state index in [2.05, 4.69) is 16.0 Å². The third-order valence-corrected chi connectivity index (χ3v) is 3.86. The van der Waals surface area contributed by atoms with Crippen LogP contribution in [-0.4, -0.2) is 35.5 Å². The van der Waals surface area contributed by atoms with Crippen molar-refractivity contribution in [2.24, 2.45) is 0 Å². The van der Waals surface area contributed by atoms with Crippen molar-refractivity contribution in [1.29, 1.82) is 0 Å². The molecular formula is C20H23N3O4. The lowest BCUT2D eigenvalue weighted by atomic mass is 10.1. The molecular weight excluding hydrogens is 346 g/mol. The molecule has 2 aromatic carbocycles. The van der Waals surface area contributed by atoms with Gasteiger partial charge in [0.05, 0.1) is 17.8 Å². The molecule has 1 unspecified atom stereocenters. The molecule has 2 amide bonds. The molecule has 0 aliphatic carbocycles. The largest absolute Gasteiger partial charge is 0.480 e. The summed E-state index contributed by atoms with van der Waals surface area (Å²) in [6.45, 7) is 1.71. The van der Waals surface area contributed by atoms with Gasteiger partial charge < -0.3 is 15.7 Å². The van der Waals surface area contributed by atoms with E-state index in [4.69, 9.17) is 5.11 Å². The first kappa shape index (κ1) is 20.1. The highest BCUT2D eigenvalue weighted by Gasteiger charge is 2.18. The number of hydrogen-bond donors (Lipinski definition) is 4. The van der Waals surface area contributed by atoms with E-state index < -0.39 is 17.9 Å². The number of carboxylic acids is 1. The molecule has 0 saturated carbocycles. The van der Waals surface area contributed by atoms with Crippen LogP contribution in [0.2, 0.25) is 0 Å². The van der Waals surface area contributed by atoms with Gasteiger partial charge in [0, 0.05) is 5.69 Å². The summed E-state index contributed by atoms with van der Waals surface area (Å²) in [6.07, 6.45) is 1.12. The van der Waals surface area contributed by atoms with Crippen molar-refractivity contribution in [3.8, 4) is 0 Å². The summed E-state index contributed by atoms with van der Waals surface area (Å²) < 4.78 is 0. The second kappa shape index (κ2) is 10.1. The van der Waals surface area contributed by atoms with Gasteiger partial charge in [0.15, 0.2) is 0 Å². The Labute approximate surface area is 157 Å². The maximum absolute atomic E-state index is 12.5. The highest BCUT2D eigenvalue weighted by atomic mass is 16.4. The van der Waals surface area contributed by atoms with Crippen LogP contribution in [0, 0.1) is 0 Å². The van der Waals surface area contributed by atoms with E-state index >= 15 is 0 Å². The van der Waals surface area contributed by atoms with Crippen molar-refractivity contribution in [1.82, 2.24) is 5.32 Å². The van der Waals surface area contributed by atoms with Gasteiger partial charge in [-0.3, -0.25) is 19.7 Å². The van der Waals surface area contributed by atoms with Gasteiger partial charge in [-0.1, -0.05) is 43.7 Å². The predicted octanol–water partition coefficient (Wildman–Crippen LogP) is 2.72. The fourth-order valence-electron chi connectivity index (χ4n) is 2.52. The summed E-state index contributed by atoms with van der Waals surface area (Å²) in [5.74, 6) is -1.76. The molecule has 1 atom stereocenters. The third-order valence-electron chi connectivity index (χ3n) is 3.86. The molecule has 2 rings (SSSR count). The zero-order valence-corrected chi connectivity index (χ0v) is 15.1. The minimum absolute atomic E-state index is 0.161. The lowest BCUT2D eigenvalue weighted by Crippen LogP contribution is -2.41. The maximum atomic E-state index is 12.5. The monoisotopic (exact) mass is 369 g/mol. The van der Waals surface area contributed by atoms with Crippen molar-refractivity contribution >= 4 is 29.2 Å². The molecule has 0 bridgehead atoms. The average Bonchev–Trinajstić information content (AvgIpc) is 2.66. The van der Waals surface area contributed by atoms with E-state index in [0.717, 1.165) is 0 Å². The molecule has 0 spiro atoms. The molecule has 7 heteroatoms. The molecule has 4 N–H and O–H groups in total. The summed E-state index contributed by atoms with van der Waals surface area (Å²) >= 11 is 0. The number of para-hydroxylation sites is 2. The van der Waals surface area contributed by atoms with Crippen LogP contribution >= 0.6 is 0 Å². The molecule has 2 aromatic rings. The summed E-state index contributed by atoms with van der Waals surface area (Å²) in [7, 11) is 0. The van der Waals surface area contributed by atoms with Gasteiger partial charge in [0.1, 0.15) is 6.04 Å². The Bertz CT molecular complexity index is 793. The molecule has 142 valence electrons. The Balaban J connectivity index is 2.01. The third kappa shape index (κ3) is 6.23. The normalized spacial score (nSPS) is 11.4. The van der Waals surface area contributed by atoms with E-state index in [-0.39, 0.29) is 12.5 Å². The molecule has 0 heterocycles. The van der Waals surface area contributed by atoms with Crippen LogP contribution in [0.5, 0.6) is 0 Å². The second-order valence-electron chi connectivity index (χ2n) is 5.97. The van der Waals surface area contributed by atoms with E-state index in [1.165, 1.54) is 0 Å². The number of hydrogen-bond acceptors (Lipinski definition) is 4. The van der Waals surface area contributed by atoms with Gasteiger partial charge >= 0.3 is 5.97 Å². The molecule has 27 heavy (non-hydrogen) atoms. The van der Waals surface area contributed by atoms with Crippen molar-refractivity contribution in [3.63, 3.8) is 0 Å². The lowest BCUT2D eigenvalue weighted by molar-refractivity contribution is -0.139. The standard InChI is InChI=1S/C20H23N3O4/c1-2-8-17(20(26)27)21-13-18(24)23-16-12-7-6-11-15(16)19(25)22-14-9-4-3-5-10-14/h3-7,9-12,17,21H,2,8,13H2,1H3,(H,22,25)(H,23,24)(H,26,27). The Hall–Kier alpha value is -3.19. The van der Waals surface area contributed by atoms with Gasteiger partial charge in [0.25, 0.3) is 5.91 Å². The first-order valence-corrected chi connectivity index (χ1v) is 8.72. The molecule has 0 radical (unpaired) electrons. The first-order valence-electron chi connectivity index (χ1n) is 8.72. The quantitative estimate of drug-likeness (QED) is 0.544. The fraction of sp³-hybridized carbons (Fsp3) is 0.250. The first-order chi connectivity index (χ1) is 13.0. The van der Waals surface area contributed by atoms with E-state index in [0.29, 0.717) is 29.8 Å². The van der Waals surface area contributed by atoms with Crippen LogP contribution in [0.3, 0.4) is 0 Å². The van der Waals surface area contributed by atoms with Gasteiger partial charge in [0.2, 0.25) is 5.91 Å². The maximum Gasteiger partial charge on any atom is 0.320 e. The zero-order chi connectivity index (χ0) is 19.6. The smallest absolute Gasteiger partial charge is 0.320 e. The van der Waals surface area contributed by atoms with Crippen molar-refractivity contribution in [2.45, 2.75) is 25.8 Å². The lowest BCUT2D eigenvalue weighted by Gasteiger charge is -2.14. The summed E-state index contributed by atoms with van der Waals surface area (Å²) in [5, 5.41) is 17.3. The van der Waals surface area contributed by atoms with Crippen LogP contribution < -0.4 is 16.0 Å².